The predicted molar refractivity (Wildman–Crippen MR) is 103 cm³/mol. The summed E-state index contributed by atoms with van der Waals surface area (Å²) in [4.78, 5) is 31.7. The molecule has 6 nitrogen and oxygen atoms in total. The monoisotopic (exact) mass is 368 g/mol. The highest BCUT2D eigenvalue weighted by atomic mass is 16.5. The fourth-order valence-corrected chi connectivity index (χ4v) is 3.68. The molecule has 0 saturated carbocycles. The predicted octanol–water partition coefficient (Wildman–Crippen LogP) is 3.54. The van der Waals surface area contributed by atoms with Gasteiger partial charge < -0.3 is 14.4 Å². The highest BCUT2D eigenvalue weighted by Crippen LogP contribution is 2.34. The van der Waals surface area contributed by atoms with Gasteiger partial charge >= 0.3 is 11.9 Å². The van der Waals surface area contributed by atoms with Crippen molar-refractivity contribution in [2.24, 2.45) is 0 Å². The maximum atomic E-state index is 12.5. The summed E-state index contributed by atoms with van der Waals surface area (Å²) in [5, 5.41) is 0. The van der Waals surface area contributed by atoms with Gasteiger partial charge in [0.15, 0.2) is 0 Å². The molecule has 6 heteroatoms. The summed E-state index contributed by atoms with van der Waals surface area (Å²) in [6, 6.07) is 7.90. The number of methoxy groups -OCH3 is 2. The number of ether oxygens (including phenoxy) is 2. The van der Waals surface area contributed by atoms with Gasteiger partial charge in [-0.15, -0.1) is 0 Å². The van der Waals surface area contributed by atoms with Gasteiger partial charge in [-0.25, -0.2) is 9.59 Å². The molecule has 142 valence electrons. The molecule has 1 aliphatic heterocycles. The summed E-state index contributed by atoms with van der Waals surface area (Å²) >= 11 is 0. The number of hydrogen-bond acceptors (Lipinski definition) is 6. The van der Waals surface area contributed by atoms with Crippen LogP contribution in [0.15, 0.2) is 24.3 Å². The smallest absolute Gasteiger partial charge is 0.340 e. The average Bonchev–Trinajstić information content (AvgIpc) is 3.21. The molecule has 1 aliphatic rings. The Hall–Kier alpha value is -2.89. The molecule has 0 bridgehead atoms. The summed E-state index contributed by atoms with van der Waals surface area (Å²) in [5.41, 5.74) is 3.99. The molecule has 2 aromatic rings. The minimum absolute atomic E-state index is 0.294. The van der Waals surface area contributed by atoms with E-state index in [1.54, 1.807) is 13.8 Å². The largest absolute Gasteiger partial charge is 0.465 e. The van der Waals surface area contributed by atoms with Crippen LogP contribution in [-0.4, -0.2) is 44.2 Å². The standard InChI is InChI=1S/C21H24N2O4/c1-13-17(20(24)26-3)19(18(14(2)22-13)21(25)27-4)15-8-7-9-16(12-15)23-10-5-6-11-23/h7-9,12H,5-6,10-11H2,1-4H3. The molecule has 0 atom stereocenters. The SMILES string of the molecule is COC(=O)c1c(C)nc(C)c(C(=O)OC)c1-c1cccc(N2CCCC2)c1. The Morgan fingerprint density at radius 2 is 1.52 bits per heavy atom. The molecule has 1 saturated heterocycles. The molecule has 27 heavy (non-hydrogen) atoms. The van der Waals surface area contributed by atoms with E-state index in [9.17, 15) is 9.59 Å². The van der Waals surface area contributed by atoms with Gasteiger partial charge in [-0.3, -0.25) is 4.98 Å². The van der Waals surface area contributed by atoms with Crippen LogP contribution in [0.5, 0.6) is 0 Å². The van der Waals surface area contributed by atoms with Crippen LogP contribution < -0.4 is 4.90 Å². The number of nitrogens with zero attached hydrogens (tertiary/aromatic N) is 2. The van der Waals surface area contributed by atoms with Crippen molar-refractivity contribution in [1.82, 2.24) is 4.98 Å². The summed E-state index contributed by atoms with van der Waals surface area (Å²) in [6.07, 6.45) is 2.33. The van der Waals surface area contributed by atoms with E-state index in [1.807, 2.05) is 24.3 Å². The summed E-state index contributed by atoms with van der Waals surface area (Å²) < 4.78 is 9.95. The lowest BCUT2D eigenvalue weighted by molar-refractivity contribution is 0.0599. The second-order valence-electron chi connectivity index (χ2n) is 6.64. The Morgan fingerprint density at radius 1 is 0.963 bits per heavy atom. The quantitative estimate of drug-likeness (QED) is 0.769. The van der Waals surface area contributed by atoms with Crippen LogP contribution in [0.4, 0.5) is 5.69 Å². The molecule has 1 aromatic heterocycles. The molecule has 0 unspecified atom stereocenters. The zero-order valence-corrected chi connectivity index (χ0v) is 16.2. The van der Waals surface area contributed by atoms with Crippen molar-refractivity contribution in [3.05, 3.63) is 46.8 Å². The molecule has 0 spiro atoms. The number of carbonyl (C=O) groups is 2. The van der Waals surface area contributed by atoms with E-state index in [4.69, 9.17) is 9.47 Å². The fraction of sp³-hybridized carbons (Fsp3) is 0.381. The third-order valence-corrected chi connectivity index (χ3v) is 4.94. The van der Waals surface area contributed by atoms with Crippen LogP contribution in [0.2, 0.25) is 0 Å². The lowest BCUT2D eigenvalue weighted by atomic mass is 9.92. The summed E-state index contributed by atoms with van der Waals surface area (Å²) in [6.45, 7) is 5.50. The number of carbonyl (C=O) groups excluding carboxylic acids is 2. The highest BCUT2D eigenvalue weighted by Gasteiger charge is 2.27. The first kappa shape index (κ1) is 18.9. The van der Waals surface area contributed by atoms with Crippen molar-refractivity contribution >= 4 is 17.6 Å². The fourth-order valence-electron chi connectivity index (χ4n) is 3.68. The Kier molecular flexibility index (Phi) is 5.44. The van der Waals surface area contributed by atoms with Gasteiger partial charge in [0.05, 0.1) is 36.7 Å². The molecule has 1 aromatic carbocycles. The topological polar surface area (TPSA) is 68.7 Å². The number of esters is 2. The number of aromatic nitrogens is 1. The number of anilines is 1. The second kappa shape index (κ2) is 7.78. The van der Waals surface area contributed by atoms with Gasteiger partial charge in [0.2, 0.25) is 0 Å². The van der Waals surface area contributed by atoms with Crippen molar-refractivity contribution in [1.29, 1.82) is 0 Å². The van der Waals surface area contributed by atoms with Gasteiger partial charge in [-0.2, -0.15) is 0 Å². The van der Waals surface area contributed by atoms with Crippen LogP contribution >= 0.6 is 0 Å². The molecule has 0 amide bonds. The first-order valence-corrected chi connectivity index (χ1v) is 9.01. The molecule has 0 N–H and O–H groups in total. The molecule has 0 radical (unpaired) electrons. The first-order valence-electron chi connectivity index (χ1n) is 9.01. The van der Waals surface area contributed by atoms with E-state index in [1.165, 1.54) is 27.1 Å². The number of pyridine rings is 1. The van der Waals surface area contributed by atoms with E-state index in [-0.39, 0.29) is 0 Å². The Morgan fingerprint density at radius 3 is 2.04 bits per heavy atom. The highest BCUT2D eigenvalue weighted by molar-refractivity contribution is 6.07. The zero-order chi connectivity index (χ0) is 19.6. The normalized spacial score (nSPS) is 13.6. The summed E-state index contributed by atoms with van der Waals surface area (Å²) in [5.74, 6) is -1.04. The van der Waals surface area contributed by atoms with Gasteiger partial charge in [0.1, 0.15) is 0 Å². The zero-order valence-electron chi connectivity index (χ0n) is 16.2. The van der Waals surface area contributed by atoms with E-state index in [0.717, 1.165) is 24.3 Å². The molecule has 3 rings (SSSR count). The Balaban J connectivity index is 2.28. The minimum atomic E-state index is -0.522. The second-order valence-corrected chi connectivity index (χ2v) is 6.64. The van der Waals surface area contributed by atoms with Crippen LogP contribution in [0.3, 0.4) is 0 Å². The van der Waals surface area contributed by atoms with E-state index >= 15 is 0 Å². The van der Waals surface area contributed by atoms with E-state index < -0.39 is 11.9 Å². The Labute approximate surface area is 159 Å². The lowest BCUT2D eigenvalue weighted by Crippen LogP contribution is -2.18. The maximum Gasteiger partial charge on any atom is 0.340 e. The van der Waals surface area contributed by atoms with Crippen molar-refractivity contribution < 1.29 is 19.1 Å². The van der Waals surface area contributed by atoms with E-state index in [2.05, 4.69) is 9.88 Å². The van der Waals surface area contributed by atoms with E-state index in [0.29, 0.717) is 28.1 Å². The molecule has 1 fully saturated rings. The molecule has 0 aliphatic carbocycles. The van der Waals surface area contributed by atoms with Crippen LogP contribution in [0.25, 0.3) is 11.1 Å². The van der Waals surface area contributed by atoms with Gasteiger partial charge in [-0.05, 0) is 44.4 Å². The molecular formula is C21H24N2O4. The maximum absolute atomic E-state index is 12.5. The van der Waals surface area contributed by atoms with Gasteiger partial charge in [-0.1, -0.05) is 12.1 Å². The lowest BCUT2D eigenvalue weighted by Gasteiger charge is -2.21. The van der Waals surface area contributed by atoms with Gasteiger partial charge in [0, 0.05) is 24.3 Å². The van der Waals surface area contributed by atoms with Crippen molar-refractivity contribution in [2.75, 3.05) is 32.2 Å². The van der Waals surface area contributed by atoms with Crippen molar-refractivity contribution in [2.45, 2.75) is 26.7 Å². The van der Waals surface area contributed by atoms with Crippen LogP contribution in [-0.2, 0) is 9.47 Å². The third kappa shape index (κ3) is 3.52. The molecule has 2 heterocycles. The number of rotatable bonds is 4. The van der Waals surface area contributed by atoms with Gasteiger partial charge in [0.25, 0.3) is 0 Å². The summed E-state index contributed by atoms with van der Waals surface area (Å²) in [7, 11) is 2.65. The first-order chi connectivity index (χ1) is 13.0. The molecular weight excluding hydrogens is 344 g/mol. The Bertz CT molecular complexity index is 846. The van der Waals surface area contributed by atoms with Crippen molar-refractivity contribution in [3.63, 3.8) is 0 Å². The van der Waals surface area contributed by atoms with Crippen LogP contribution in [0, 0.1) is 13.8 Å². The third-order valence-electron chi connectivity index (χ3n) is 4.94. The van der Waals surface area contributed by atoms with Crippen molar-refractivity contribution in [3.8, 4) is 11.1 Å². The average molecular weight is 368 g/mol. The number of aryl methyl sites for hydroxylation is 2. The van der Waals surface area contributed by atoms with Crippen LogP contribution in [0.1, 0.15) is 44.9 Å². The minimum Gasteiger partial charge on any atom is -0.465 e. The number of hydrogen-bond donors (Lipinski definition) is 0. The number of benzene rings is 1.